The highest BCUT2D eigenvalue weighted by molar-refractivity contribution is 5.99. The molecule has 0 aromatic heterocycles. The van der Waals surface area contributed by atoms with Crippen LogP contribution >= 0.6 is 0 Å². The fourth-order valence-electron chi connectivity index (χ4n) is 2.11. The minimum absolute atomic E-state index is 0.0329. The van der Waals surface area contributed by atoms with E-state index in [1.807, 2.05) is 0 Å². The number of nitrogens with one attached hydrogen (secondary N) is 2. The highest BCUT2D eigenvalue weighted by Crippen LogP contribution is 2.30. The molecular weight excluding hydrogens is 347 g/mol. The van der Waals surface area contributed by atoms with Gasteiger partial charge in [0, 0.05) is 25.5 Å². The van der Waals surface area contributed by atoms with E-state index in [2.05, 4.69) is 10.6 Å². The number of carbonyl (C=O) groups excluding carboxylic acids is 2. The summed E-state index contributed by atoms with van der Waals surface area (Å²) in [5.41, 5.74) is 0.429. The first-order valence-corrected chi connectivity index (χ1v) is 7.69. The van der Waals surface area contributed by atoms with Gasteiger partial charge >= 0.3 is 12.2 Å². The molecule has 0 unspecified atom stereocenters. The zero-order chi connectivity index (χ0) is 19.3. The van der Waals surface area contributed by atoms with E-state index in [0.29, 0.717) is 5.69 Å². The minimum atomic E-state index is -4.48. The second-order valence-electron chi connectivity index (χ2n) is 5.82. The maximum atomic E-state index is 12.7. The molecule has 2 N–H and O–H groups in total. The first-order chi connectivity index (χ1) is 12.1. The zero-order valence-electron chi connectivity index (χ0n) is 14.2. The Balaban J connectivity index is 1.97. The molecule has 2 aromatic carbocycles. The number of urea groups is 1. The van der Waals surface area contributed by atoms with Gasteiger partial charge in [-0.3, -0.25) is 4.79 Å². The number of rotatable bonds is 4. The van der Waals surface area contributed by atoms with Gasteiger partial charge in [-0.1, -0.05) is 18.2 Å². The first-order valence-electron chi connectivity index (χ1n) is 7.69. The monoisotopic (exact) mass is 365 g/mol. The number of anilines is 2. The molecule has 0 bridgehead atoms. The van der Waals surface area contributed by atoms with Crippen molar-refractivity contribution in [3.05, 3.63) is 59.7 Å². The van der Waals surface area contributed by atoms with Crippen molar-refractivity contribution in [3.63, 3.8) is 0 Å². The Hall–Kier alpha value is -3.03. The van der Waals surface area contributed by atoms with Gasteiger partial charge in [-0.05, 0) is 35.9 Å². The average molecular weight is 365 g/mol. The van der Waals surface area contributed by atoms with E-state index >= 15 is 0 Å². The molecule has 0 aliphatic heterocycles. The Labute approximate surface area is 148 Å². The molecule has 0 saturated carbocycles. The molecule has 0 saturated heterocycles. The third-order valence-corrected chi connectivity index (χ3v) is 3.51. The summed E-state index contributed by atoms with van der Waals surface area (Å²) in [6.45, 7) is 0. The van der Waals surface area contributed by atoms with Crippen molar-refractivity contribution >= 4 is 23.3 Å². The van der Waals surface area contributed by atoms with E-state index in [9.17, 15) is 22.8 Å². The zero-order valence-corrected chi connectivity index (χ0v) is 14.2. The van der Waals surface area contributed by atoms with Crippen LogP contribution in [0.25, 0.3) is 0 Å². The standard InChI is InChI=1S/C18H18F3N3O2/c1-24(2)16(25)10-12-6-8-14(9-7-12)22-17(26)23-15-5-3-4-13(11-15)18(19,20)21/h3-9,11H,10H2,1-2H3,(H2,22,23,26). The van der Waals surface area contributed by atoms with Gasteiger partial charge in [0.25, 0.3) is 0 Å². The lowest BCUT2D eigenvalue weighted by Gasteiger charge is -2.12. The Morgan fingerprint density at radius 3 is 2.15 bits per heavy atom. The third-order valence-electron chi connectivity index (χ3n) is 3.51. The third kappa shape index (κ3) is 5.51. The first kappa shape index (κ1) is 19.3. The summed E-state index contributed by atoms with van der Waals surface area (Å²) in [5.74, 6) is -0.0481. The van der Waals surface area contributed by atoms with Gasteiger partial charge in [-0.2, -0.15) is 13.2 Å². The topological polar surface area (TPSA) is 61.4 Å². The van der Waals surface area contributed by atoms with E-state index in [1.165, 1.54) is 17.0 Å². The lowest BCUT2D eigenvalue weighted by molar-refractivity contribution is -0.137. The molecule has 2 aromatic rings. The summed E-state index contributed by atoms with van der Waals surface area (Å²) >= 11 is 0. The lowest BCUT2D eigenvalue weighted by Crippen LogP contribution is -2.23. The lowest BCUT2D eigenvalue weighted by atomic mass is 10.1. The van der Waals surface area contributed by atoms with Gasteiger partial charge in [0.1, 0.15) is 0 Å². The fraction of sp³-hybridized carbons (Fsp3) is 0.222. The number of likely N-dealkylation sites (N-methyl/N-ethyl adjacent to an activating group) is 1. The van der Waals surface area contributed by atoms with Gasteiger partial charge in [0.2, 0.25) is 5.91 Å². The number of halogens is 3. The van der Waals surface area contributed by atoms with Crippen molar-refractivity contribution in [1.82, 2.24) is 4.90 Å². The van der Waals surface area contributed by atoms with Gasteiger partial charge in [0.05, 0.1) is 12.0 Å². The van der Waals surface area contributed by atoms with E-state index in [4.69, 9.17) is 0 Å². The quantitative estimate of drug-likeness (QED) is 0.861. The molecule has 26 heavy (non-hydrogen) atoms. The summed E-state index contributed by atoms with van der Waals surface area (Å²) in [6, 6.07) is 10.3. The van der Waals surface area contributed by atoms with E-state index in [1.54, 1.807) is 38.4 Å². The summed E-state index contributed by atoms with van der Waals surface area (Å²) in [5, 5.41) is 4.88. The summed E-state index contributed by atoms with van der Waals surface area (Å²) in [6.07, 6.45) is -4.24. The number of carbonyl (C=O) groups is 2. The summed E-state index contributed by atoms with van der Waals surface area (Å²) < 4.78 is 38.0. The molecule has 0 atom stereocenters. The van der Waals surface area contributed by atoms with Crippen LogP contribution in [-0.2, 0) is 17.4 Å². The van der Waals surface area contributed by atoms with E-state index < -0.39 is 17.8 Å². The molecule has 0 aliphatic rings. The van der Waals surface area contributed by atoms with Crippen molar-refractivity contribution in [2.24, 2.45) is 0 Å². The van der Waals surface area contributed by atoms with Crippen LogP contribution < -0.4 is 10.6 Å². The summed E-state index contributed by atoms with van der Waals surface area (Å²) in [4.78, 5) is 25.1. The van der Waals surface area contributed by atoms with Crippen LogP contribution in [0.1, 0.15) is 11.1 Å². The maximum absolute atomic E-state index is 12.7. The predicted octanol–water partition coefficient (Wildman–Crippen LogP) is 3.98. The largest absolute Gasteiger partial charge is 0.416 e. The Bertz CT molecular complexity index is 787. The predicted molar refractivity (Wildman–Crippen MR) is 92.9 cm³/mol. The molecular formula is C18H18F3N3O2. The normalized spacial score (nSPS) is 11.0. The molecule has 3 amide bonds. The number of hydrogen-bond acceptors (Lipinski definition) is 2. The Kier molecular flexibility index (Phi) is 5.86. The van der Waals surface area contributed by atoms with E-state index in [0.717, 1.165) is 17.7 Å². The second-order valence-corrected chi connectivity index (χ2v) is 5.82. The molecule has 5 nitrogen and oxygen atoms in total. The van der Waals surface area contributed by atoms with Crippen LogP contribution in [0.15, 0.2) is 48.5 Å². The number of hydrogen-bond donors (Lipinski definition) is 2. The minimum Gasteiger partial charge on any atom is -0.349 e. The summed E-state index contributed by atoms with van der Waals surface area (Å²) in [7, 11) is 3.33. The van der Waals surface area contributed by atoms with Crippen molar-refractivity contribution in [2.45, 2.75) is 12.6 Å². The number of nitrogens with zero attached hydrogens (tertiary/aromatic N) is 1. The highest BCUT2D eigenvalue weighted by Gasteiger charge is 2.30. The van der Waals surface area contributed by atoms with Crippen molar-refractivity contribution < 1.29 is 22.8 Å². The Morgan fingerprint density at radius 2 is 1.58 bits per heavy atom. The molecule has 0 fully saturated rings. The molecule has 0 radical (unpaired) electrons. The van der Waals surface area contributed by atoms with Gasteiger partial charge in [-0.25, -0.2) is 4.79 Å². The smallest absolute Gasteiger partial charge is 0.349 e. The molecule has 0 spiro atoms. The SMILES string of the molecule is CN(C)C(=O)Cc1ccc(NC(=O)Nc2cccc(C(F)(F)F)c2)cc1. The van der Waals surface area contributed by atoms with Crippen LogP contribution in [0.5, 0.6) is 0 Å². The molecule has 8 heteroatoms. The maximum Gasteiger partial charge on any atom is 0.416 e. The molecule has 138 valence electrons. The van der Waals surface area contributed by atoms with Crippen LogP contribution in [0.3, 0.4) is 0 Å². The number of alkyl halides is 3. The number of benzene rings is 2. The van der Waals surface area contributed by atoms with Crippen LogP contribution in [0, 0.1) is 0 Å². The second kappa shape index (κ2) is 7.90. The van der Waals surface area contributed by atoms with Gasteiger partial charge in [0.15, 0.2) is 0 Å². The highest BCUT2D eigenvalue weighted by atomic mass is 19.4. The van der Waals surface area contributed by atoms with E-state index in [-0.39, 0.29) is 18.0 Å². The van der Waals surface area contributed by atoms with Crippen LogP contribution in [0.2, 0.25) is 0 Å². The average Bonchev–Trinajstić information content (AvgIpc) is 2.56. The van der Waals surface area contributed by atoms with Crippen LogP contribution in [0.4, 0.5) is 29.3 Å². The van der Waals surface area contributed by atoms with Gasteiger partial charge in [-0.15, -0.1) is 0 Å². The molecule has 2 rings (SSSR count). The Morgan fingerprint density at radius 1 is 0.962 bits per heavy atom. The number of amides is 3. The molecule has 0 aliphatic carbocycles. The van der Waals surface area contributed by atoms with Crippen molar-refractivity contribution in [3.8, 4) is 0 Å². The fourth-order valence-corrected chi connectivity index (χ4v) is 2.11. The molecule has 0 heterocycles. The van der Waals surface area contributed by atoms with Crippen molar-refractivity contribution in [1.29, 1.82) is 0 Å². The van der Waals surface area contributed by atoms with Gasteiger partial charge < -0.3 is 15.5 Å². The van der Waals surface area contributed by atoms with Crippen molar-refractivity contribution in [2.75, 3.05) is 24.7 Å². The van der Waals surface area contributed by atoms with Crippen LogP contribution in [-0.4, -0.2) is 30.9 Å².